The highest BCUT2D eigenvalue weighted by molar-refractivity contribution is 5.92. The number of nitrogens with one attached hydrogen (secondary N) is 2. The van der Waals surface area contributed by atoms with Gasteiger partial charge in [0.25, 0.3) is 0 Å². The molecule has 3 N–H and O–H groups in total. The molecule has 0 aliphatic heterocycles. The van der Waals surface area contributed by atoms with Crippen LogP contribution in [-0.4, -0.2) is 52.1 Å². The van der Waals surface area contributed by atoms with E-state index in [-0.39, 0.29) is 29.7 Å². The van der Waals surface area contributed by atoms with Crippen LogP contribution < -0.4 is 10.6 Å². The smallest absolute Gasteiger partial charge is 0.408 e. The topological polar surface area (TPSA) is 132 Å². The standard InChI is InChI=1S/C27H40N4O5/c1-18(2)17-21(30-26(35)36-27(3,4)5)25(34)31(16-15-28)23(20-13-9-10-14-22(20)32)24(33)29-19-11-7-6-8-12-19/h9-10,13-14,18-19,21,23,32H,6-8,11-12,16-17H2,1-5H3,(H,29,33)(H,30,35). The van der Waals surface area contributed by atoms with Gasteiger partial charge in [-0.1, -0.05) is 51.3 Å². The summed E-state index contributed by atoms with van der Waals surface area (Å²) < 4.78 is 5.35. The maximum Gasteiger partial charge on any atom is 0.408 e. The van der Waals surface area contributed by atoms with E-state index in [1.165, 1.54) is 6.07 Å². The van der Waals surface area contributed by atoms with E-state index in [1.54, 1.807) is 39.0 Å². The number of hydrogen-bond acceptors (Lipinski definition) is 6. The van der Waals surface area contributed by atoms with Crippen LogP contribution in [0.4, 0.5) is 4.79 Å². The zero-order valence-corrected chi connectivity index (χ0v) is 22.0. The molecular formula is C27H40N4O5. The van der Waals surface area contributed by atoms with E-state index in [1.807, 2.05) is 19.9 Å². The van der Waals surface area contributed by atoms with Crippen LogP contribution in [-0.2, 0) is 14.3 Å². The monoisotopic (exact) mass is 500 g/mol. The summed E-state index contributed by atoms with van der Waals surface area (Å²) in [5, 5.41) is 25.9. The Morgan fingerprint density at radius 3 is 2.36 bits per heavy atom. The Morgan fingerprint density at radius 2 is 1.81 bits per heavy atom. The summed E-state index contributed by atoms with van der Waals surface area (Å²) in [6.07, 6.45) is 4.30. The molecule has 1 aromatic rings. The average Bonchev–Trinajstić information content (AvgIpc) is 2.78. The van der Waals surface area contributed by atoms with Gasteiger partial charge in [-0.2, -0.15) is 5.26 Å². The number of rotatable bonds is 9. The Hall–Kier alpha value is -3.28. The number of benzene rings is 1. The number of para-hydroxylation sites is 1. The van der Waals surface area contributed by atoms with Gasteiger partial charge in [0.1, 0.15) is 30.0 Å². The van der Waals surface area contributed by atoms with Crippen LogP contribution in [0, 0.1) is 17.2 Å². The molecule has 1 aliphatic rings. The number of nitriles is 1. The lowest BCUT2D eigenvalue weighted by molar-refractivity contribution is -0.142. The summed E-state index contributed by atoms with van der Waals surface area (Å²) in [6.45, 7) is 8.57. The molecule has 0 saturated heterocycles. The number of aromatic hydroxyl groups is 1. The van der Waals surface area contributed by atoms with Gasteiger partial charge in [0, 0.05) is 11.6 Å². The van der Waals surface area contributed by atoms with Gasteiger partial charge in [0.2, 0.25) is 11.8 Å². The van der Waals surface area contributed by atoms with E-state index in [0.717, 1.165) is 37.0 Å². The predicted molar refractivity (Wildman–Crippen MR) is 136 cm³/mol. The molecule has 2 unspecified atom stereocenters. The van der Waals surface area contributed by atoms with Gasteiger partial charge in [-0.25, -0.2) is 4.79 Å². The van der Waals surface area contributed by atoms with Crippen LogP contribution in [0.5, 0.6) is 5.75 Å². The minimum atomic E-state index is -1.24. The van der Waals surface area contributed by atoms with Crippen LogP contribution in [0.3, 0.4) is 0 Å². The highest BCUT2D eigenvalue weighted by atomic mass is 16.6. The molecule has 36 heavy (non-hydrogen) atoms. The molecule has 0 bridgehead atoms. The molecule has 0 aromatic heterocycles. The first-order valence-electron chi connectivity index (χ1n) is 12.7. The number of ether oxygens (including phenoxy) is 1. The zero-order chi connectivity index (χ0) is 26.9. The van der Waals surface area contributed by atoms with Crippen molar-refractivity contribution in [3.8, 4) is 11.8 Å². The summed E-state index contributed by atoms with van der Waals surface area (Å²) in [5.74, 6) is -1.19. The fourth-order valence-electron chi connectivity index (χ4n) is 4.41. The van der Waals surface area contributed by atoms with E-state index in [4.69, 9.17) is 4.74 Å². The predicted octanol–water partition coefficient (Wildman–Crippen LogP) is 4.17. The van der Waals surface area contributed by atoms with Gasteiger partial charge in [-0.15, -0.1) is 0 Å². The quantitative estimate of drug-likeness (QED) is 0.436. The Bertz CT molecular complexity index is 944. The van der Waals surface area contributed by atoms with Crippen LogP contribution in [0.1, 0.15) is 84.7 Å². The van der Waals surface area contributed by atoms with Gasteiger partial charge in [-0.05, 0) is 52.0 Å². The van der Waals surface area contributed by atoms with Crippen molar-refractivity contribution < 1.29 is 24.2 Å². The van der Waals surface area contributed by atoms with E-state index >= 15 is 0 Å². The number of hydrogen-bond donors (Lipinski definition) is 3. The number of phenols is 1. The maximum absolute atomic E-state index is 13.8. The van der Waals surface area contributed by atoms with Crippen LogP contribution >= 0.6 is 0 Å². The van der Waals surface area contributed by atoms with Crippen molar-refractivity contribution in [2.24, 2.45) is 5.92 Å². The third-order valence-corrected chi connectivity index (χ3v) is 5.96. The highest BCUT2D eigenvalue weighted by Gasteiger charge is 2.38. The van der Waals surface area contributed by atoms with Crippen molar-refractivity contribution in [1.82, 2.24) is 15.5 Å². The normalized spacial score (nSPS) is 15.9. The Balaban J connectivity index is 2.43. The van der Waals surface area contributed by atoms with E-state index in [2.05, 4.69) is 10.6 Å². The molecule has 0 heterocycles. The van der Waals surface area contributed by atoms with Crippen molar-refractivity contribution in [3.05, 3.63) is 29.8 Å². The number of carbonyl (C=O) groups is 3. The fourth-order valence-corrected chi connectivity index (χ4v) is 4.41. The van der Waals surface area contributed by atoms with E-state index in [0.29, 0.717) is 0 Å². The number of carbonyl (C=O) groups excluding carboxylic acids is 3. The second-order valence-corrected chi connectivity index (χ2v) is 10.8. The molecular weight excluding hydrogens is 460 g/mol. The summed E-state index contributed by atoms with van der Waals surface area (Å²) in [5.41, 5.74) is -0.546. The SMILES string of the molecule is CC(C)CC(NC(=O)OC(C)(C)C)C(=O)N(CC#N)C(C(=O)NC1CCCCC1)c1ccccc1O. The molecule has 1 aliphatic carbocycles. The lowest BCUT2D eigenvalue weighted by atomic mass is 9.94. The lowest BCUT2D eigenvalue weighted by Gasteiger charge is -2.34. The summed E-state index contributed by atoms with van der Waals surface area (Å²) >= 11 is 0. The van der Waals surface area contributed by atoms with Crippen molar-refractivity contribution in [2.75, 3.05) is 6.54 Å². The molecule has 2 atom stereocenters. The van der Waals surface area contributed by atoms with Gasteiger partial charge in [0.05, 0.1) is 6.07 Å². The average molecular weight is 501 g/mol. The van der Waals surface area contributed by atoms with Crippen molar-refractivity contribution in [2.45, 2.75) is 96.9 Å². The number of phenolic OH excluding ortho intramolecular Hbond substituents is 1. The van der Waals surface area contributed by atoms with Crippen molar-refractivity contribution in [3.63, 3.8) is 0 Å². The Morgan fingerprint density at radius 1 is 1.17 bits per heavy atom. The fraction of sp³-hybridized carbons (Fsp3) is 0.630. The largest absolute Gasteiger partial charge is 0.508 e. The molecule has 2 rings (SSSR count). The second kappa shape index (κ2) is 13.1. The molecule has 0 spiro atoms. The molecule has 9 nitrogen and oxygen atoms in total. The molecule has 198 valence electrons. The van der Waals surface area contributed by atoms with Crippen molar-refractivity contribution >= 4 is 17.9 Å². The van der Waals surface area contributed by atoms with Crippen LogP contribution in [0.15, 0.2) is 24.3 Å². The van der Waals surface area contributed by atoms with E-state index < -0.39 is 42.1 Å². The minimum absolute atomic E-state index is 0.0254. The van der Waals surface area contributed by atoms with Crippen LogP contribution in [0.25, 0.3) is 0 Å². The Labute approximate surface area is 214 Å². The van der Waals surface area contributed by atoms with Gasteiger partial charge < -0.3 is 25.4 Å². The Kier molecular flexibility index (Phi) is 10.6. The second-order valence-electron chi connectivity index (χ2n) is 10.8. The van der Waals surface area contributed by atoms with Crippen molar-refractivity contribution in [1.29, 1.82) is 5.26 Å². The lowest BCUT2D eigenvalue weighted by Crippen LogP contribution is -2.54. The van der Waals surface area contributed by atoms with Crippen LogP contribution in [0.2, 0.25) is 0 Å². The molecule has 3 amide bonds. The minimum Gasteiger partial charge on any atom is -0.508 e. The molecule has 1 fully saturated rings. The van der Waals surface area contributed by atoms with Gasteiger partial charge >= 0.3 is 6.09 Å². The summed E-state index contributed by atoms with van der Waals surface area (Å²) in [7, 11) is 0. The molecule has 1 aromatic carbocycles. The number of amides is 3. The molecule has 0 radical (unpaired) electrons. The highest BCUT2D eigenvalue weighted by Crippen LogP contribution is 2.31. The molecule has 9 heteroatoms. The maximum atomic E-state index is 13.8. The first kappa shape index (κ1) is 29.0. The third kappa shape index (κ3) is 8.74. The van der Waals surface area contributed by atoms with Gasteiger partial charge in [0.15, 0.2) is 0 Å². The van der Waals surface area contributed by atoms with E-state index in [9.17, 15) is 24.8 Å². The van der Waals surface area contributed by atoms with Gasteiger partial charge in [-0.3, -0.25) is 9.59 Å². The summed E-state index contributed by atoms with van der Waals surface area (Å²) in [6, 6.07) is 5.97. The number of alkyl carbamates (subject to hydrolysis) is 1. The third-order valence-electron chi connectivity index (χ3n) is 5.96. The first-order chi connectivity index (χ1) is 16.9. The zero-order valence-electron chi connectivity index (χ0n) is 22.0. The first-order valence-corrected chi connectivity index (χ1v) is 12.7. The molecule has 1 saturated carbocycles. The summed E-state index contributed by atoms with van der Waals surface area (Å²) in [4.78, 5) is 41.1. The number of nitrogens with zero attached hydrogens (tertiary/aromatic N) is 2.